The van der Waals surface area contributed by atoms with Crippen molar-refractivity contribution >= 4 is 12.0 Å². The molecular formula is C15H22N2O3. The van der Waals surface area contributed by atoms with Crippen molar-refractivity contribution in [3.8, 4) is 12.3 Å². The van der Waals surface area contributed by atoms with Crippen molar-refractivity contribution in [3.63, 3.8) is 0 Å². The minimum Gasteiger partial charge on any atom is -0.481 e. The van der Waals surface area contributed by atoms with Gasteiger partial charge >= 0.3 is 12.0 Å². The van der Waals surface area contributed by atoms with Gasteiger partial charge in [-0.15, -0.1) is 6.42 Å². The van der Waals surface area contributed by atoms with E-state index in [0.29, 0.717) is 44.9 Å². The third kappa shape index (κ3) is 2.90. The first kappa shape index (κ1) is 14.7. The molecule has 5 nitrogen and oxygen atoms in total. The van der Waals surface area contributed by atoms with Crippen LogP contribution in [0.25, 0.3) is 0 Å². The lowest BCUT2D eigenvalue weighted by atomic mass is 9.84. The summed E-state index contributed by atoms with van der Waals surface area (Å²) < 4.78 is 0. The van der Waals surface area contributed by atoms with E-state index >= 15 is 0 Å². The summed E-state index contributed by atoms with van der Waals surface area (Å²) in [6.07, 6.45) is 8.71. The molecule has 1 aliphatic heterocycles. The summed E-state index contributed by atoms with van der Waals surface area (Å²) in [6.45, 7) is 3.67. The normalized spacial score (nSPS) is 25.3. The predicted octanol–water partition coefficient (Wildman–Crippen LogP) is 1.64. The molecular weight excluding hydrogens is 256 g/mol. The van der Waals surface area contributed by atoms with Gasteiger partial charge in [-0.05, 0) is 31.6 Å². The largest absolute Gasteiger partial charge is 0.481 e. The number of terminal acetylenes is 1. The monoisotopic (exact) mass is 278 g/mol. The van der Waals surface area contributed by atoms with Gasteiger partial charge < -0.3 is 14.9 Å². The van der Waals surface area contributed by atoms with Crippen molar-refractivity contribution < 1.29 is 14.7 Å². The summed E-state index contributed by atoms with van der Waals surface area (Å²) >= 11 is 0. The summed E-state index contributed by atoms with van der Waals surface area (Å²) in [7, 11) is 0. The van der Waals surface area contributed by atoms with E-state index in [0.717, 1.165) is 12.8 Å². The Morgan fingerprint density at radius 1 is 1.50 bits per heavy atom. The molecule has 2 aliphatic rings. The van der Waals surface area contributed by atoms with Gasteiger partial charge in [0.2, 0.25) is 0 Å². The molecule has 5 heteroatoms. The number of carbonyl (C=O) groups is 2. The highest BCUT2D eigenvalue weighted by atomic mass is 16.4. The van der Waals surface area contributed by atoms with Gasteiger partial charge in [-0.1, -0.05) is 12.8 Å². The molecule has 0 aromatic rings. The molecule has 1 unspecified atom stereocenters. The first-order valence-corrected chi connectivity index (χ1v) is 7.23. The second-order valence-corrected chi connectivity index (χ2v) is 5.92. The molecule has 1 atom stereocenters. The molecule has 1 aliphatic carbocycles. The number of amides is 2. The summed E-state index contributed by atoms with van der Waals surface area (Å²) in [5.41, 5.74) is -0.781. The van der Waals surface area contributed by atoms with Crippen LogP contribution in [-0.2, 0) is 4.79 Å². The van der Waals surface area contributed by atoms with Crippen molar-refractivity contribution in [2.75, 3.05) is 26.2 Å². The van der Waals surface area contributed by atoms with Crippen LogP contribution in [0.2, 0.25) is 0 Å². The van der Waals surface area contributed by atoms with Gasteiger partial charge in [0, 0.05) is 19.6 Å². The van der Waals surface area contributed by atoms with Gasteiger partial charge in [0.25, 0.3) is 0 Å². The Labute approximate surface area is 119 Å². The maximum Gasteiger partial charge on any atom is 0.320 e. The number of nitrogens with zero attached hydrogens (tertiary/aromatic N) is 2. The fourth-order valence-corrected chi connectivity index (χ4v) is 2.78. The Kier molecular flexibility index (Phi) is 4.22. The number of carboxylic acid groups (broad SMARTS) is 1. The van der Waals surface area contributed by atoms with E-state index in [1.807, 2.05) is 6.92 Å². The fourth-order valence-electron chi connectivity index (χ4n) is 2.78. The predicted molar refractivity (Wildman–Crippen MR) is 75.1 cm³/mol. The van der Waals surface area contributed by atoms with Crippen molar-refractivity contribution in [1.29, 1.82) is 0 Å². The minimum atomic E-state index is -0.805. The first-order chi connectivity index (χ1) is 9.52. The molecule has 1 saturated heterocycles. The summed E-state index contributed by atoms with van der Waals surface area (Å²) in [6, 6.07) is -0.105. The number of carboxylic acids is 1. The molecule has 2 amide bonds. The van der Waals surface area contributed by atoms with Crippen LogP contribution in [-0.4, -0.2) is 53.1 Å². The Balaban J connectivity index is 2.01. The zero-order valence-corrected chi connectivity index (χ0v) is 12.0. The molecule has 0 radical (unpaired) electrons. The molecule has 1 heterocycles. The van der Waals surface area contributed by atoms with Crippen molar-refractivity contribution in [2.45, 2.75) is 32.6 Å². The zero-order chi connectivity index (χ0) is 14.8. The maximum absolute atomic E-state index is 12.5. The third-order valence-electron chi connectivity index (χ3n) is 4.48. The van der Waals surface area contributed by atoms with E-state index in [4.69, 9.17) is 6.42 Å². The molecule has 1 saturated carbocycles. The number of urea groups is 1. The molecule has 20 heavy (non-hydrogen) atoms. The van der Waals surface area contributed by atoms with Crippen LogP contribution < -0.4 is 0 Å². The average molecular weight is 278 g/mol. The highest BCUT2D eigenvalue weighted by molar-refractivity contribution is 5.80. The number of carbonyl (C=O) groups excluding carboxylic acids is 1. The molecule has 0 aromatic carbocycles. The quantitative estimate of drug-likeness (QED) is 0.778. The van der Waals surface area contributed by atoms with Gasteiger partial charge in [-0.2, -0.15) is 0 Å². The standard InChI is InChI=1S/C15H22N2O3/c1-3-8-16(10-12-5-6-12)14(20)17-9-7-15(4-2,11-17)13(18)19/h1,12H,4-11H2,2H3,(H,18,19). The number of likely N-dealkylation sites (tertiary alicyclic amines) is 1. The Morgan fingerprint density at radius 3 is 2.65 bits per heavy atom. The van der Waals surface area contributed by atoms with Gasteiger partial charge in [0.05, 0.1) is 12.0 Å². The van der Waals surface area contributed by atoms with E-state index in [9.17, 15) is 14.7 Å². The molecule has 0 bridgehead atoms. The molecule has 0 spiro atoms. The summed E-state index contributed by atoms with van der Waals surface area (Å²) in [5, 5.41) is 9.38. The minimum absolute atomic E-state index is 0.105. The molecule has 0 aromatic heterocycles. The Bertz CT molecular complexity index is 439. The Hall–Kier alpha value is -1.70. The van der Waals surface area contributed by atoms with Crippen molar-refractivity contribution in [2.24, 2.45) is 11.3 Å². The highest BCUT2D eigenvalue weighted by Gasteiger charge is 2.45. The number of aliphatic carboxylic acids is 1. The van der Waals surface area contributed by atoms with E-state index in [1.54, 1.807) is 9.80 Å². The molecule has 110 valence electrons. The SMILES string of the molecule is C#CCN(CC1CC1)C(=O)N1CCC(CC)(C(=O)O)C1. The van der Waals surface area contributed by atoms with E-state index in [1.165, 1.54) is 0 Å². The third-order valence-corrected chi connectivity index (χ3v) is 4.48. The van der Waals surface area contributed by atoms with Crippen LogP contribution in [0.5, 0.6) is 0 Å². The van der Waals surface area contributed by atoms with Crippen LogP contribution in [0.4, 0.5) is 4.79 Å². The number of hydrogen-bond donors (Lipinski definition) is 1. The van der Waals surface area contributed by atoms with Crippen LogP contribution in [0, 0.1) is 23.7 Å². The zero-order valence-electron chi connectivity index (χ0n) is 12.0. The summed E-state index contributed by atoms with van der Waals surface area (Å²) in [5.74, 6) is 2.29. The number of hydrogen-bond acceptors (Lipinski definition) is 2. The second kappa shape index (κ2) is 5.74. The smallest absolute Gasteiger partial charge is 0.320 e. The lowest BCUT2D eigenvalue weighted by Crippen LogP contribution is -2.45. The molecule has 2 rings (SSSR count). The summed E-state index contributed by atoms with van der Waals surface area (Å²) in [4.78, 5) is 27.2. The lowest BCUT2D eigenvalue weighted by molar-refractivity contribution is -0.148. The average Bonchev–Trinajstić information content (AvgIpc) is 3.13. The molecule has 2 fully saturated rings. The topological polar surface area (TPSA) is 60.9 Å². The van der Waals surface area contributed by atoms with Crippen LogP contribution in [0.15, 0.2) is 0 Å². The molecule has 1 N–H and O–H groups in total. The van der Waals surface area contributed by atoms with Crippen molar-refractivity contribution in [3.05, 3.63) is 0 Å². The fraction of sp³-hybridized carbons (Fsp3) is 0.733. The van der Waals surface area contributed by atoms with Gasteiger partial charge in [0.1, 0.15) is 0 Å². The maximum atomic E-state index is 12.5. The van der Waals surface area contributed by atoms with Crippen LogP contribution in [0.1, 0.15) is 32.6 Å². The van der Waals surface area contributed by atoms with Crippen LogP contribution in [0.3, 0.4) is 0 Å². The number of rotatable bonds is 5. The Morgan fingerprint density at radius 2 is 2.20 bits per heavy atom. The first-order valence-electron chi connectivity index (χ1n) is 7.23. The second-order valence-electron chi connectivity index (χ2n) is 5.92. The van der Waals surface area contributed by atoms with Gasteiger partial charge in [0.15, 0.2) is 0 Å². The van der Waals surface area contributed by atoms with Crippen molar-refractivity contribution in [1.82, 2.24) is 9.80 Å². The lowest BCUT2D eigenvalue weighted by Gasteiger charge is -2.28. The van der Waals surface area contributed by atoms with E-state index < -0.39 is 11.4 Å². The van der Waals surface area contributed by atoms with Gasteiger partial charge in [-0.25, -0.2) is 4.79 Å². The van der Waals surface area contributed by atoms with Gasteiger partial charge in [-0.3, -0.25) is 4.79 Å². The van der Waals surface area contributed by atoms with E-state index in [-0.39, 0.29) is 6.03 Å². The van der Waals surface area contributed by atoms with E-state index in [2.05, 4.69) is 5.92 Å². The highest BCUT2D eigenvalue weighted by Crippen LogP contribution is 2.35. The van der Waals surface area contributed by atoms with Crippen LogP contribution >= 0.6 is 0 Å².